The molecule has 4 rings (SSSR count). The van der Waals surface area contributed by atoms with Gasteiger partial charge in [0.05, 0.1) is 49.0 Å². The molecule has 146 valence electrons. The number of imide groups is 1. The van der Waals surface area contributed by atoms with Crippen molar-refractivity contribution in [2.24, 2.45) is 0 Å². The first-order valence-electron chi connectivity index (χ1n) is 9.11. The normalized spacial score (nSPS) is 20.9. The number of hydrogen-bond donors (Lipinski definition) is 1. The molecule has 2 fully saturated rings. The molecule has 0 saturated carbocycles. The highest BCUT2D eigenvalue weighted by Crippen LogP contribution is 2.27. The lowest BCUT2D eigenvalue weighted by atomic mass is 10.1. The number of carbonyl (C=O) groups is 2. The van der Waals surface area contributed by atoms with Crippen molar-refractivity contribution in [3.8, 4) is 0 Å². The summed E-state index contributed by atoms with van der Waals surface area (Å²) >= 11 is 5.79. The predicted molar refractivity (Wildman–Crippen MR) is 102 cm³/mol. The van der Waals surface area contributed by atoms with Crippen LogP contribution in [0.5, 0.6) is 0 Å². The highest BCUT2D eigenvalue weighted by molar-refractivity contribution is 6.31. The van der Waals surface area contributed by atoms with E-state index < -0.39 is 11.9 Å². The van der Waals surface area contributed by atoms with Gasteiger partial charge in [-0.15, -0.1) is 0 Å². The quantitative estimate of drug-likeness (QED) is 0.788. The molecule has 0 aliphatic carbocycles. The standard InChI is InChI=1S/C20H18ClF2N3O2/c21-14-11-13(5-6-15(14)22)26-19(27)12-18(20(26)28)25-9-7-24(8-10-25)17-4-2-1-3-16(17)23/h1-6,11,18H,7-10,12H2/p+1/t18-/m0/s1. The van der Waals surface area contributed by atoms with Gasteiger partial charge in [-0.25, -0.2) is 13.7 Å². The first-order chi connectivity index (χ1) is 13.5. The number of rotatable bonds is 3. The molecule has 0 bridgehead atoms. The van der Waals surface area contributed by atoms with E-state index >= 15 is 0 Å². The fraction of sp³-hybridized carbons (Fsp3) is 0.300. The van der Waals surface area contributed by atoms with Gasteiger partial charge < -0.3 is 9.80 Å². The highest BCUT2D eigenvalue weighted by atomic mass is 35.5. The summed E-state index contributed by atoms with van der Waals surface area (Å²) in [5.74, 6) is -1.49. The predicted octanol–water partition coefficient (Wildman–Crippen LogP) is 1.66. The summed E-state index contributed by atoms with van der Waals surface area (Å²) in [6, 6.07) is 9.95. The number of nitrogens with one attached hydrogen (secondary N) is 1. The number of carbonyl (C=O) groups excluding carboxylic acids is 2. The molecule has 0 aromatic heterocycles. The Morgan fingerprint density at radius 3 is 2.39 bits per heavy atom. The number of amides is 2. The SMILES string of the molecule is O=C1C[C@H]([NH+]2CCN(c3ccccc3F)CC2)C(=O)N1c1ccc(F)c(Cl)c1. The summed E-state index contributed by atoms with van der Waals surface area (Å²) in [6.07, 6.45) is 0.100. The number of anilines is 2. The van der Waals surface area contributed by atoms with Crippen molar-refractivity contribution in [2.75, 3.05) is 36.0 Å². The van der Waals surface area contributed by atoms with E-state index in [2.05, 4.69) is 0 Å². The maximum absolute atomic E-state index is 14.0. The largest absolute Gasteiger partial charge is 0.358 e. The summed E-state index contributed by atoms with van der Waals surface area (Å²) in [7, 11) is 0. The van der Waals surface area contributed by atoms with Crippen LogP contribution in [0.3, 0.4) is 0 Å². The minimum atomic E-state index is -0.601. The van der Waals surface area contributed by atoms with Gasteiger partial charge in [0.1, 0.15) is 11.6 Å². The fourth-order valence-electron chi connectivity index (χ4n) is 3.94. The van der Waals surface area contributed by atoms with Crippen LogP contribution in [0.1, 0.15) is 6.42 Å². The zero-order valence-corrected chi connectivity index (χ0v) is 15.8. The van der Waals surface area contributed by atoms with Crippen LogP contribution in [-0.2, 0) is 9.59 Å². The van der Waals surface area contributed by atoms with Gasteiger partial charge in [-0.1, -0.05) is 23.7 Å². The average Bonchev–Trinajstić information content (AvgIpc) is 2.99. The Balaban J connectivity index is 1.46. The van der Waals surface area contributed by atoms with Gasteiger partial charge in [0.25, 0.3) is 5.91 Å². The molecule has 28 heavy (non-hydrogen) atoms. The van der Waals surface area contributed by atoms with Crippen molar-refractivity contribution in [2.45, 2.75) is 12.5 Å². The van der Waals surface area contributed by atoms with Gasteiger partial charge in [-0.2, -0.15) is 0 Å². The molecule has 2 aromatic rings. The van der Waals surface area contributed by atoms with Gasteiger partial charge >= 0.3 is 0 Å². The third kappa shape index (κ3) is 3.36. The molecule has 8 heteroatoms. The first kappa shape index (κ1) is 18.8. The maximum atomic E-state index is 14.0. The minimum absolute atomic E-state index is 0.100. The van der Waals surface area contributed by atoms with Gasteiger partial charge in [0.15, 0.2) is 6.04 Å². The van der Waals surface area contributed by atoms with Crippen LogP contribution in [-0.4, -0.2) is 44.0 Å². The molecule has 2 aromatic carbocycles. The molecular weight excluding hydrogens is 388 g/mol. The summed E-state index contributed by atoms with van der Waals surface area (Å²) < 4.78 is 27.4. The van der Waals surface area contributed by atoms with E-state index in [9.17, 15) is 18.4 Å². The Bertz CT molecular complexity index is 931. The average molecular weight is 407 g/mol. The van der Waals surface area contributed by atoms with E-state index in [1.807, 2.05) is 4.90 Å². The van der Waals surface area contributed by atoms with Crippen LogP contribution >= 0.6 is 11.6 Å². The molecule has 2 aliphatic heterocycles. The molecule has 1 atom stereocenters. The molecule has 1 N–H and O–H groups in total. The second-order valence-corrected chi connectivity index (χ2v) is 7.43. The summed E-state index contributed by atoms with van der Waals surface area (Å²) in [6.45, 7) is 2.43. The first-order valence-corrected chi connectivity index (χ1v) is 9.49. The van der Waals surface area contributed by atoms with E-state index in [4.69, 9.17) is 11.6 Å². The molecule has 0 spiro atoms. The molecular formula is C20H19ClF2N3O2+. The van der Waals surface area contributed by atoms with E-state index in [-0.39, 0.29) is 34.8 Å². The van der Waals surface area contributed by atoms with Crippen LogP contribution in [0, 0.1) is 11.6 Å². The number of halogens is 3. The Morgan fingerprint density at radius 1 is 1.00 bits per heavy atom. The maximum Gasteiger partial charge on any atom is 0.292 e. The van der Waals surface area contributed by atoms with Crippen LogP contribution in [0.4, 0.5) is 20.2 Å². The molecule has 2 saturated heterocycles. The number of piperazine rings is 1. The molecule has 0 radical (unpaired) electrons. The van der Waals surface area contributed by atoms with Crippen molar-refractivity contribution < 1.29 is 23.3 Å². The molecule has 0 unspecified atom stereocenters. The monoisotopic (exact) mass is 406 g/mol. The number of benzene rings is 2. The van der Waals surface area contributed by atoms with E-state index in [1.54, 1.807) is 18.2 Å². The van der Waals surface area contributed by atoms with Gasteiger partial charge in [0.2, 0.25) is 5.91 Å². The van der Waals surface area contributed by atoms with E-state index in [0.29, 0.717) is 31.9 Å². The number of hydrogen-bond acceptors (Lipinski definition) is 3. The molecule has 2 amide bonds. The lowest BCUT2D eigenvalue weighted by Gasteiger charge is -2.35. The topological polar surface area (TPSA) is 45.1 Å². The van der Waals surface area contributed by atoms with E-state index in [1.165, 1.54) is 18.2 Å². The highest BCUT2D eigenvalue weighted by Gasteiger charge is 2.46. The van der Waals surface area contributed by atoms with Gasteiger partial charge in [0, 0.05) is 0 Å². The number of para-hydroxylation sites is 1. The smallest absolute Gasteiger partial charge is 0.292 e. The summed E-state index contributed by atoms with van der Waals surface area (Å²) in [5.41, 5.74) is 0.839. The Morgan fingerprint density at radius 2 is 1.71 bits per heavy atom. The zero-order chi connectivity index (χ0) is 19.8. The molecule has 2 aliphatic rings. The summed E-state index contributed by atoms with van der Waals surface area (Å²) in [4.78, 5) is 29.4. The van der Waals surface area contributed by atoms with Crippen molar-refractivity contribution in [3.05, 3.63) is 59.1 Å². The number of quaternary nitrogens is 1. The minimum Gasteiger partial charge on any atom is -0.358 e. The third-order valence-corrected chi connectivity index (χ3v) is 5.69. The van der Waals surface area contributed by atoms with Crippen molar-refractivity contribution in [1.29, 1.82) is 0 Å². The second kappa shape index (κ2) is 7.48. The lowest BCUT2D eigenvalue weighted by molar-refractivity contribution is -0.915. The second-order valence-electron chi connectivity index (χ2n) is 7.02. The Labute approximate surface area is 166 Å². The van der Waals surface area contributed by atoms with Gasteiger partial charge in [-0.05, 0) is 30.3 Å². The van der Waals surface area contributed by atoms with Crippen molar-refractivity contribution in [3.63, 3.8) is 0 Å². The fourth-order valence-corrected chi connectivity index (χ4v) is 4.11. The molecule has 2 heterocycles. The Hall–Kier alpha value is -2.51. The van der Waals surface area contributed by atoms with E-state index in [0.717, 1.165) is 15.9 Å². The zero-order valence-electron chi connectivity index (χ0n) is 15.0. The van der Waals surface area contributed by atoms with Crippen LogP contribution in [0.25, 0.3) is 0 Å². The summed E-state index contributed by atoms with van der Waals surface area (Å²) in [5, 5.41) is -0.132. The van der Waals surface area contributed by atoms with Crippen LogP contribution in [0.15, 0.2) is 42.5 Å². The van der Waals surface area contributed by atoms with Gasteiger partial charge in [-0.3, -0.25) is 9.59 Å². The van der Waals surface area contributed by atoms with Crippen molar-refractivity contribution in [1.82, 2.24) is 0 Å². The Kier molecular flexibility index (Phi) is 5.03. The van der Waals surface area contributed by atoms with Crippen molar-refractivity contribution >= 4 is 34.8 Å². The van der Waals surface area contributed by atoms with Crippen LogP contribution < -0.4 is 14.7 Å². The number of nitrogens with zero attached hydrogens (tertiary/aromatic N) is 2. The lowest BCUT2D eigenvalue weighted by Crippen LogP contribution is -3.19. The van der Waals surface area contributed by atoms with Crippen LogP contribution in [0.2, 0.25) is 5.02 Å². The third-order valence-electron chi connectivity index (χ3n) is 5.40. The molecule has 5 nitrogen and oxygen atoms in total.